The van der Waals surface area contributed by atoms with Gasteiger partial charge in [0, 0.05) is 29.2 Å². The topological polar surface area (TPSA) is 0 Å². The van der Waals surface area contributed by atoms with Crippen molar-refractivity contribution in [1.82, 2.24) is 0 Å². The maximum atomic E-state index is 2.47. The molecule has 62 valence electrons. The average Bonchev–Trinajstić information content (AvgIpc) is 1.60. The summed E-state index contributed by atoms with van der Waals surface area (Å²) in [4.78, 5) is 0. The zero-order valence-electron chi connectivity index (χ0n) is 8.21. The van der Waals surface area contributed by atoms with E-state index in [1.165, 1.54) is 0 Å². The van der Waals surface area contributed by atoms with Crippen LogP contribution in [0.1, 0.15) is 20.8 Å². The summed E-state index contributed by atoms with van der Waals surface area (Å²) in [5.74, 6) is 1.55. The lowest BCUT2D eigenvalue weighted by Crippen LogP contribution is -2.11. The molecule has 0 aromatic heterocycles. The lowest BCUT2D eigenvalue weighted by atomic mass is 10.3. The molecule has 0 aliphatic rings. The summed E-state index contributed by atoms with van der Waals surface area (Å²) in [6.45, 7) is 14.5. The van der Waals surface area contributed by atoms with E-state index < -0.39 is 0 Å². The van der Waals surface area contributed by atoms with Crippen molar-refractivity contribution in [3.05, 3.63) is 0 Å². The molecule has 0 aliphatic carbocycles. The van der Waals surface area contributed by atoms with Crippen molar-refractivity contribution in [2.75, 3.05) is 25.9 Å². The predicted octanol–water partition coefficient (Wildman–Crippen LogP) is 3.06. The minimum absolute atomic E-state index is 0.0291. The fraction of sp³-hybridized carbons (Fsp3) is 1.00. The van der Waals surface area contributed by atoms with Gasteiger partial charge >= 0.3 is 0 Å². The molecular formula is C8H22P2+2. The highest BCUT2D eigenvalue weighted by Crippen LogP contribution is 2.53. The molecule has 0 fully saturated rings. The molecule has 0 nitrogen and oxygen atoms in total. The molecule has 10 heavy (non-hydrogen) atoms. The Morgan fingerprint density at radius 1 is 1.00 bits per heavy atom. The Labute approximate surface area is 68.3 Å². The van der Waals surface area contributed by atoms with Gasteiger partial charge in [0.05, 0.1) is 11.8 Å². The van der Waals surface area contributed by atoms with Crippen molar-refractivity contribution in [2.24, 2.45) is 0 Å². The molecule has 0 heterocycles. The highest BCUT2D eigenvalue weighted by Gasteiger charge is 2.29. The van der Waals surface area contributed by atoms with E-state index in [1.807, 2.05) is 0 Å². The van der Waals surface area contributed by atoms with Crippen LogP contribution in [0.2, 0.25) is 0 Å². The molecule has 2 heteroatoms. The van der Waals surface area contributed by atoms with Crippen LogP contribution in [-0.2, 0) is 0 Å². The lowest BCUT2D eigenvalue weighted by Gasteiger charge is -2.19. The van der Waals surface area contributed by atoms with E-state index in [0.717, 1.165) is 0 Å². The van der Waals surface area contributed by atoms with Crippen LogP contribution in [0.15, 0.2) is 0 Å². The quantitative estimate of drug-likeness (QED) is 0.573. The molecular weight excluding hydrogens is 158 g/mol. The molecule has 0 amide bonds. The smallest absolute Gasteiger partial charge is 0.0260 e. The van der Waals surface area contributed by atoms with Gasteiger partial charge in [0.1, 0.15) is 0 Å². The third-order valence-corrected chi connectivity index (χ3v) is 9.41. The van der Waals surface area contributed by atoms with E-state index in [9.17, 15) is 0 Å². The fourth-order valence-electron chi connectivity index (χ4n) is 0.795. The number of rotatable bonds is 2. The van der Waals surface area contributed by atoms with Crippen LogP contribution in [-0.4, -0.2) is 31.1 Å². The highest BCUT2D eigenvalue weighted by atomic mass is 31.2. The molecule has 0 radical (unpaired) electrons. The van der Waals surface area contributed by atoms with Gasteiger partial charge in [-0.2, -0.15) is 0 Å². The Kier molecular flexibility index (Phi) is 4.38. The van der Waals surface area contributed by atoms with Gasteiger partial charge in [0.15, 0.2) is 5.90 Å². The van der Waals surface area contributed by atoms with E-state index in [-0.39, 0.29) is 15.8 Å². The van der Waals surface area contributed by atoms with E-state index in [0.29, 0.717) is 5.16 Å². The molecule has 0 aromatic rings. The summed E-state index contributed by atoms with van der Waals surface area (Å²) in [5, 5.41) is 0.618. The summed E-state index contributed by atoms with van der Waals surface area (Å²) >= 11 is 0. The second kappa shape index (κ2) is 4.03. The molecule has 0 aromatic carbocycles. The van der Waals surface area contributed by atoms with Gasteiger partial charge in [-0.25, -0.2) is 0 Å². The summed E-state index contributed by atoms with van der Waals surface area (Å²) in [6.07, 6.45) is 0. The second-order valence-corrected chi connectivity index (χ2v) is 11.3. The number of hydrogen-bond acceptors (Lipinski definition) is 0. The standard InChI is InChI=1S/C8H20P2/c1-8(2,3)10(6)7-9(4)5/h7H2,1-6H3/p+2. The van der Waals surface area contributed by atoms with Gasteiger partial charge in [-0.05, 0) is 20.8 Å². The minimum atomic E-state index is -0.0594. The minimum Gasteiger partial charge on any atom is -0.0260 e. The SMILES string of the molecule is C[PH+](C)C[PH+](C)C(C)(C)C. The zero-order chi connectivity index (χ0) is 8.36. The van der Waals surface area contributed by atoms with Crippen molar-refractivity contribution in [2.45, 2.75) is 25.9 Å². The lowest BCUT2D eigenvalue weighted by molar-refractivity contribution is 0.787. The largest absolute Gasteiger partial charge is 0.155 e. The van der Waals surface area contributed by atoms with E-state index >= 15 is 0 Å². The molecule has 0 N–H and O–H groups in total. The van der Waals surface area contributed by atoms with Crippen LogP contribution in [0.5, 0.6) is 0 Å². The molecule has 0 rings (SSSR count). The van der Waals surface area contributed by atoms with Crippen molar-refractivity contribution in [3.8, 4) is 0 Å². The first kappa shape index (κ1) is 10.9. The van der Waals surface area contributed by atoms with Crippen LogP contribution < -0.4 is 0 Å². The van der Waals surface area contributed by atoms with E-state index in [1.54, 1.807) is 5.90 Å². The molecule has 0 bridgehead atoms. The van der Waals surface area contributed by atoms with Crippen molar-refractivity contribution < 1.29 is 0 Å². The zero-order valence-corrected chi connectivity index (χ0v) is 10.2. The van der Waals surface area contributed by atoms with Gasteiger partial charge in [-0.1, -0.05) is 0 Å². The Morgan fingerprint density at radius 3 is 1.50 bits per heavy atom. The van der Waals surface area contributed by atoms with Crippen LogP contribution in [0.3, 0.4) is 0 Å². The summed E-state index contributed by atoms with van der Waals surface area (Å²) in [7, 11) is -0.0303. The molecule has 1 unspecified atom stereocenters. The maximum absolute atomic E-state index is 2.47. The third kappa shape index (κ3) is 4.64. The molecule has 1 atom stereocenters. The van der Waals surface area contributed by atoms with Gasteiger partial charge in [-0.3, -0.25) is 0 Å². The normalized spacial score (nSPS) is 15.9. The van der Waals surface area contributed by atoms with Crippen LogP contribution in [0.25, 0.3) is 0 Å². The summed E-state index contributed by atoms with van der Waals surface area (Å²) in [6, 6.07) is 0. The van der Waals surface area contributed by atoms with Crippen molar-refractivity contribution in [3.63, 3.8) is 0 Å². The first-order valence-electron chi connectivity index (χ1n) is 3.96. The van der Waals surface area contributed by atoms with E-state index in [4.69, 9.17) is 0 Å². The van der Waals surface area contributed by atoms with Gasteiger partial charge in [-0.15, -0.1) is 0 Å². The van der Waals surface area contributed by atoms with Gasteiger partial charge < -0.3 is 0 Å². The summed E-state index contributed by atoms with van der Waals surface area (Å²) < 4.78 is 0. The van der Waals surface area contributed by atoms with Gasteiger partial charge in [0.25, 0.3) is 0 Å². The highest BCUT2D eigenvalue weighted by molar-refractivity contribution is 7.74. The first-order chi connectivity index (χ1) is 4.34. The van der Waals surface area contributed by atoms with Crippen LogP contribution >= 0.6 is 15.8 Å². The molecule has 0 spiro atoms. The monoisotopic (exact) mass is 180 g/mol. The fourth-order valence-corrected chi connectivity index (χ4v) is 7.16. The Balaban J connectivity index is 3.73. The average molecular weight is 180 g/mol. The van der Waals surface area contributed by atoms with Crippen molar-refractivity contribution >= 4 is 15.8 Å². The predicted molar refractivity (Wildman–Crippen MR) is 59.0 cm³/mol. The first-order valence-corrected chi connectivity index (χ1v) is 8.87. The van der Waals surface area contributed by atoms with E-state index in [2.05, 4.69) is 40.8 Å². The Bertz CT molecular complexity index is 91.9. The Hall–Kier alpha value is 0.860. The van der Waals surface area contributed by atoms with Crippen LogP contribution in [0.4, 0.5) is 0 Å². The maximum Gasteiger partial charge on any atom is 0.155 e. The molecule has 0 saturated heterocycles. The Morgan fingerprint density at radius 2 is 1.40 bits per heavy atom. The van der Waals surface area contributed by atoms with Gasteiger partial charge in [0.2, 0.25) is 0 Å². The summed E-state index contributed by atoms with van der Waals surface area (Å²) in [5.41, 5.74) is 0. The second-order valence-electron chi connectivity index (χ2n) is 4.41. The van der Waals surface area contributed by atoms with Crippen LogP contribution in [0, 0.1) is 0 Å². The number of hydrogen-bond donors (Lipinski definition) is 0. The molecule has 0 aliphatic heterocycles. The molecule has 0 saturated carbocycles. The third-order valence-electron chi connectivity index (χ3n) is 1.90. The van der Waals surface area contributed by atoms with Crippen molar-refractivity contribution in [1.29, 1.82) is 0 Å².